The fourth-order valence-corrected chi connectivity index (χ4v) is 9.55. The molecule has 11 rings (SSSR count). The van der Waals surface area contributed by atoms with Gasteiger partial charge in [0, 0.05) is 36.6 Å². The lowest BCUT2D eigenvalue weighted by Gasteiger charge is -2.16. The number of rotatable bonds is 3. The molecule has 0 saturated carbocycles. The van der Waals surface area contributed by atoms with Crippen LogP contribution in [0.15, 0.2) is 181 Å². The SMILES string of the molecule is O=c1c2ccc(-c3cccc4sc5ccccc5c34)cc2c2cc(-c3ccc4c5ccccc5c5ccccc5c4c3)ccc2n1-c1ccccc1. The second-order valence-corrected chi connectivity index (χ2v) is 14.7. The zero-order valence-corrected chi connectivity index (χ0v) is 28.8. The molecule has 0 unspecified atom stereocenters. The Balaban J connectivity index is 1.20. The van der Waals surface area contributed by atoms with Gasteiger partial charge in [-0.1, -0.05) is 121 Å². The molecular formula is C49H29NOS. The van der Waals surface area contributed by atoms with Crippen molar-refractivity contribution in [2.24, 2.45) is 0 Å². The van der Waals surface area contributed by atoms with Crippen molar-refractivity contribution >= 4 is 85.5 Å². The Morgan fingerprint density at radius 3 is 1.63 bits per heavy atom. The van der Waals surface area contributed by atoms with Gasteiger partial charge in [-0.3, -0.25) is 9.36 Å². The van der Waals surface area contributed by atoms with E-state index in [-0.39, 0.29) is 5.56 Å². The van der Waals surface area contributed by atoms with Crippen LogP contribution >= 0.6 is 11.3 Å². The summed E-state index contributed by atoms with van der Waals surface area (Å²) < 4.78 is 4.42. The Labute approximate surface area is 303 Å². The van der Waals surface area contributed by atoms with Crippen molar-refractivity contribution in [2.75, 3.05) is 0 Å². The van der Waals surface area contributed by atoms with E-state index in [1.807, 2.05) is 52.3 Å². The monoisotopic (exact) mass is 679 g/mol. The molecule has 0 N–H and O–H groups in total. The molecule has 11 aromatic rings. The molecule has 0 aliphatic heterocycles. The molecule has 0 saturated heterocycles. The van der Waals surface area contributed by atoms with Crippen molar-refractivity contribution in [1.82, 2.24) is 4.57 Å². The topological polar surface area (TPSA) is 22.0 Å². The van der Waals surface area contributed by atoms with Gasteiger partial charge in [0.15, 0.2) is 0 Å². The smallest absolute Gasteiger partial charge is 0.263 e. The second-order valence-electron chi connectivity index (χ2n) is 13.6. The van der Waals surface area contributed by atoms with Gasteiger partial charge in [-0.2, -0.15) is 0 Å². The van der Waals surface area contributed by atoms with Gasteiger partial charge >= 0.3 is 0 Å². The average molecular weight is 680 g/mol. The number of hydrogen-bond donors (Lipinski definition) is 0. The van der Waals surface area contributed by atoms with E-state index in [1.165, 1.54) is 58.1 Å². The highest BCUT2D eigenvalue weighted by Gasteiger charge is 2.17. The van der Waals surface area contributed by atoms with E-state index in [1.54, 1.807) is 0 Å². The fourth-order valence-electron chi connectivity index (χ4n) is 8.41. The van der Waals surface area contributed by atoms with Crippen LogP contribution < -0.4 is 5.56 Å². The quantitative estimate of drug-likeness (QED) is 0.170. The molecule has 2 aromatic heterocycles. The van der Waals surface area contributed by atoms with Crippen LogP contribution in [-0.2, 0) is 0 Å². The van der Waals surface area contributed by atoms with Gasteiger partial charge in [-0.15, -0.1) is 11.3 Å². The molecular weight excluding hydrogens is 651 g/mol. The minimum absolute atomic E-state index is 0.0174. The first-order chi connectivity index (χ1) is 25.7. The van der Waals surface area contributed by atoms with E-state index in [0.29, 0.717) is 5.39 Å². The molecule has 9 aromatic carbocycles. The van der Waals surface area contributed by atoms with Crippen LogP contribution in [0.5, 0.6) is 0 Å². The summed E-state index contributed by atoms with van der Waals surface area (Å²) in [5.74, 6) is 0. The summed E-state index contributed by atoms with van der Waals surface area (Å²) in [6.45, 7) is 0. The molecule has 0 aliphatic carbocycles. The summed E-state index contributed by atoms with van der Waals surface area (Å²) in [4.78, 5) is 14.4. The van der Waals surface area contributed by atoms with Crippen LogP contribution in [-0.4, -0.2) is 4.57 Å². The summed E-state index contributed by atoms with van der Waals surface area (Å²) in [6, 6.07) is 62.4. The number of pyridine rings is 1. The zero-order valence-electron chi connectivity index (χ0n) is 28.0. The summed E-state index contributed by atoms with van der Waals surface area (Å²) >= 11 is 1.83. The molecule has 0 fully saturated rings. The van der Waals surface area contributed by atoms with Crippen molar-refractivity contribution in [3.05, 3.63) is 186 Å². The maximum absolute atomic E-state index is 14.4. The maximum Gasteiger partial charge on any atom is 0.263 e. The van der Waals surface area contributed by atoms with Crippen molar-refractivity contribution < 1.29 is 0 Å². The molecule has 0 aliphatic rings. The van der Waals surface area contributed by atoms with Crippen LogP contribution in [0.25, 0.3) is 102 Å². The normalized spacial score (nSPS) is 11.9. The van der Waals surface area contributed by atoms with Gasteiger partial charge in [0.25, 0.3) is 5.56 Å². The molecule has 2 heterocycles. The Kier molecular flexibility index (Phi) is 6.31. The predicted octanol–water partition coefficient (Wildman–Crippen LogP) is 13.3. The summed E-state index contributed by atoms with van der Waals surface area (Å²) in [6.07, 6.45) is 0. The third-order valence-electron chi connectivity index (χ3n) is 10.8. The van der Waals surface area contributed by atoms with E-state index in [9.17, 15) is 4.79 Å². The first kappa shape index (κ1) is 29.2. The number of hydrogen-bond acceptors (Lipinski definition) is 2. The number of thiophene rings is 1. The van der Waals surface area contributed by atoms with E-state index >= 15 is 0 Å². The summed E-state index contributed by atoms with van der Waals surface area (Å²) in [5.41, 5.74) is 6.28. The molecule has 52 heavy (non-hydrogen) atoms. The first-order valence-corrected chi connectivity index (χ1v) is 18.5. The van der Waals surface area contributed by atoms with Gasteiger partial charge < -0.3 is 0 Å². The molecule has 3 heteroatoms. The Bertz CT molecular complexity index is 3280. The Hall–Kier alpha value is -6.55. The van der Waals surface area contributed by atoms with Gasteiger partial charge in [0.05, 0.1) is 5.52 Å². The maximum atomic E-state index is 14.4. The lowest BCUT2D eigenvalue weighted by molar-refractivity contribution is 1.06. The number of benzene rings is 9. The number of fused-ring (bicyclic) bond motifs is 12. The van der Waals surface area contributed by atoms with E-state index < -0.39 is 0 Å². The standard InChI is InChI=1S/C49H29NOS/c51-49-40-25-22-32(34-18-10-20-47-48(34)41-17-8-9-19-46(41)52-47)29-43(40)44-28-31(23-26-45(44)50(49)33-11-2-1-3-12-33)30-21-24-39-37-15-5-4-13-35(37)36-14-6-7-16-38(36)42(39)27-30/h1-29H. The highest BCUT2D eigenvalue weighted by molar-refractivity contribution is 7.25. The molecule has 0 radical (unpaired) electrons. The molecule has 0 amide bonds. The summed E-state index contributed by atoms with van der Waals surface area (Å²) in [5, 5.41) is 12.8. The molecule has 2 nitrogen and oxygen atoms in total. The number of aromatic nitrogens is 1. The van der Waals surface area contributed by atoms with Crippen molar-refractivity contribution in [1.29, 1.82) is 0 Å². The highest BCUT2D eigenvalue weighted by atomic mass is 32.1. The van der Waals surface area contributed by atoms with Crippen molar-refractivity contribution in [3.8, 4) is 27.9 Å². The van der Waals surface area contributed by atoms with Crippen LogP contribution in [0.3, 0.4) is 0 Å². The van der Waals surface area contributed by atoms with E-state index in [4.69, 9.17) is 0 Å². The molecule has 242 valence electrons. The molecule has 0 atom stereocenters. The number of nitrogens with zero attached hydrogens (tertiary/aromatic N) is 1. The van der Waals surface area contributed by atoms with E-state index in [2.05, 4.69) is 140 Å². The third-order valence-corrected chi connectivity index (χ3v) is 11.9. The lowest BCUT2D eigenvalue weighted by Crippen LogP contribution is -2.19. The highest BCUT2D eigenvalue weighted by Crippen LogP contribution is 2.42. The van der Waals surface area contributed by atoms with Gasteiger partial charge in [-0.05, 0) is 115 Å². The van der Waals surface area contributed by atoms with Gasteiger partial charge in [0.2, 0.25) is 0 Å². The number of para-hydroxylation sites is 1. The molecule has 0 bridgehead atoms. The second kappa shape index (κ2) is 11.2. The molecule has 0 spiro atoms. The van der Waals surface area contributed by atoms with Crippen LogP contribution in [0, 0.1) is 0 Å². The Morgan fingerprint density at radius 2 is 0.885 bits per heavy atom. The Morgan fingerprint density at radius 1 is 0.365 bits per heavy atom. The minimum atomic E-state index is -0.0174. The van der Waals surface area contributed by atoms with Gasteiger partial charge in [-0.25, -0.2) is 0 Å². The lowest BCUT2D eigenvalue weighted by atomic mass is 9.91. The fraction of sp³-hybridized carbons (Fsp3) is 0. The van der Waals surface area contributed by atoms with Crippen molar-refractivity contribution in [3.63, 3.8) is 0 Å². The third kappa shape index (κ3) is 4.27. The van der Waals surface area contributed by atoms with Gasteiger partial charge in [0.1, 0.15) is 0 Å². The zero-order chi connectivity index (χ0) is 34.3. The summed E-state index contributed by atoms with van der Waals surface area (Å²) in [7, 11) is 0. The first-order valence-electron chi connectivity index (χ1n) is 17.6. The largest absolute Gasteiger partial charge is 0.276 e. The average Bonchev–Trinajstić information content (AvgIpc) is 3.60. The van der Waals surface area contributed by atoms with Crippen molar-refractivity contribution in [2.45, 2.75) is 0 Å². The van der Waals surface area contributed by atoms with Crippen LogP contribution in [0.2, 0.25) is 0 Å². The van der Waals surface area contributed by atoms with E-state index in [0.717, 1.165) is 38.7 Å². The predicted molar refractivity (Wildman–Crippen MR) is 223 cm³/mol. The minimum Gasteiger partial charge on any atom is -0.276 e. The van der Waals surface area contributed by atoms with Crippen LogP contribution in [0.4, 0.5) is 0 Å². The van der Waals surface area contributed by atoms with Crippen LogP contribution in [0.1, 0.15) is 0 Å².